The molecule has 0 aliphatic heterocycles. The number of hydrogen-bond donors (Lipinski definition) is 0. The molecule has 0 aromatic carbocycles. The average molecular weight is 237 g/mol. The topological polar surface area (TPSA) is 18.5 Å². The first kappa shape index (κ1) is 15.2. The van der Waals surface area contributed by atoms with Crippen molar-refractivity contribution in [2.75, 3.05) is 19.1 Å². The van der Waals surface area contributed by atoms with Gasteiger partial charge in [-0.1, -0.05) is 41.5 Å². The maximum atomic E-state index is 5.78. The summed E-state index contributed by atoms with van der Waals surface area (Å²) in [6, 6.07) is 0. The molecule has 0 aromatic rings. The molecule has 15 heavy (non-hydrogen) atoms. The van der Waals surface area contributed by atoms with Crippen molar-refractivity contribution < 1.29 is 9.47 Å². The summed E-state index contributed by atoms with van der Waals surface area (Å²) >= 11 is 5.78. The second-order valence-electron chi connectivity index (χ2n) is 6.33. The number of rotatable bonds is 5. The average Bonchev–Trinajstić information content (AvgIpc) is 2.00. The fourth-order valence-electron chi connectivity index (χ4n) is 0.823. The van der Waals surface area contributed by atoms with Gasteiger partial charge in [-0.2, -0.15) is 0 Å². The van der Waals surface area contributed by atoms with Crippen LogP contribution in [0.2, 0.25) is 0 Å². The summed E-state index contributed by atoms with van der Waals surface area (Å²) < 4.78 is 11.2. The normalized spacial score (nSPS) is 13.6. The summed E-state index contributed by atoms with van der Waals surface area (Å²) in [4.78, 5) is 0. The van der Waals surface area contributed by atoms with Crippen LogP contribution in [0.5, 0.6) is 0 Å². The van der Waals surface area contributed by atoms with Crippen LogP contribution in [0.25, 0.3) is 0 Å². The van der Waals surface area contributed by atoms with Gasteiger partial charge in [0, 0.05) is 0 Å². The third kappa shape index (κ3) is 10.5. The summed E-state index contributed by atoms with van der Waals surface area (Å²) in [6.07, 6.45) is -0.287. The van der Waals surface area contributed by atoms with Gasteiger partial charge in [-0.05, 0) is 10.8 Å². The van der Waals surface area contributed by atoms with Crippen LogP contribution in [0, 0.1) is 10.8 Å². The monoisotopic (exact) mass is 236 g/mol. The van der Waals surface area contributed by atoms with E-state index in [9.17, 15) is 0 Å². The van der Waals surface area contributed by atoms with Gasteiger partial charge in [0.15, 0.2) is 6.29 Å². The maximum Gasteiger partial charge on any atom is 0.171 e. The highest BCUT2D eigenvalue weighted by molar-refractivity contribution is 6.18. The fraction of sp³-hybridized carbons (Fsp3) is 1.00. The van der Waals surface area contributed by atoms with Crippen molar-refractivity contribution in [3.8, 4) is 0 Å². The van der Waals surface area contributed by atoms with Crippen molar-refractivity contribution in [2.45, 2.75) is 47.8 Å². The van der Waals surface area contributed by atoms with Crippen molar-refractivity contribution in [3.05, 3.63) is 0 Å². The van der Waals surface area contributed by atoms with Gasteiger partial charge in [0.05, 0.1) is 19.1 Å². The summed E-state index contributed by atoms with van der Waals surface area (Å²) in [6.45, 7) is 14.1. The first-order chi connectivity index (χ1) is 6.64. The minimum absolute atomic E-state index is 0.148. The molecule has 92 valence electrons. The molecule has 0 aromatic heterocycles. The van der Waals surface area contributed by atoms with Crippen LogP contribution in [0.15, 0.2) is 0 Å². The van der Waals surface area contributed by atoms with Crippen molar-refractivity contribution in [3.63, 3.8) is 0 Å². The second-order valence-corrected chi connectivity index (χ2v) is 6.64. The van der Waals surface area contributed by atoms with Crippen LogP contribution in [0.1, 0.15) is 41.5 Å². The number of ether oxygens (including phenoxy) is 2. The highest BCUT2D eigenvalue weighted by Gasteiger charge is 2.18. The maximum absolute atomic E-state index is 5.78. The molecule has 0 fully saturated rings. The fourth-order valence-corrected chi connectivity index (χ4v) is 1.00. The van der Waals surface area contributed by atoms with E-state index in [2.05, 4.69) is 41.5 Å². The first-order valence-electron chi connectivity index (χ1n) is 5.43. The molecular weight excluding hydrogens is 212 g/mol. The van der Waals surface area contributed by atoms with Crippen LogP contribution < -0.4 is 0 Å². The molecular formula is C12H25ClO2. The Bertz CT molecular complexity index is 149. The number of alkyl halides is 1. The zero-order valence-corrected chi connectivity index (χ0v) is 11.6. The van der Waals surface area contributed by atoms with E-state index < -0.39 is 0 Å². The molecule has 0 bridgehead atoms. The number of halogens is 1. The van der Waals surface area contributed by atoms with Gasteiger partial charge in [-0.15, -0.1) is 11.6 Å². The van der Waals surface area contributed by atoms with Crippen LogP contribution in [0.4, 0.5) is 0 Å². The standard InChI is InChI=1S/C12H25ClO2/c1-11(2,3)8-14-10(7-13)15-9-12(4,5)6/h10H,7-9H2,1-6H3. The van der Waals surface area contributed by atoms with Gasteiger partial charge in [-0.3, -0.25) is 0 Å². The lowest BCUT2D eigenvalue weighted by Crippen LogP contribution is -2.28. The molecule has 0 atom stereocenters. The van der Waals surface area contributed by atoms with Gasteiger partial charge in [-0.25, -0.2) is 0 Å². The van der Waals surface area contributed by atoms with E-state index in [0.29, 0.717) is 19.1 Å². The Morgan fingerprint density at radius 1 is 0.867 bits per heavy atom. The molecule has 0 aliphatic carbocycles. The first-order valence-corrected chi connectivity index (χ1v) is 5.97. The molecule has 0 N–H and O–H groups in total. The molecule has 3 heteroatoms. The zero-order valence-electron chi connectivity index (χ0n) is 10.9. The van der Waals surface area contributed by atoms with E-state index in [-0.39, 0.29) is 17.1 Å². The Hall–Kier alpha value is 0.210. The molecule has 0 amide bonds. The number of hydrogen-bond acceptors (Lipinski definition) is 2. The minimum atomic E-state index is -0.287. The lowest BCUT2D eigenvalue weighted by Gasteiger charge is -2.26. The highest BCUT2D eigenvalue weighted by atomic mass is 35.5. The van der Waals surface area contributed by atoms with Crippen molar-refractivity contribution in [1.29, 1.82) is 0 Å². The molecule has 0 unspecified atom stereocenters. The van der Waals surface area contributed by atoms with Gasteiger partial charge >= 0.3 is 0 Å². The Kier molecular flexibility index (Phi) is 6.16. The van der Waals surface area contributed by atoms with Crippen LogP contribution in [-0.4, -0.2) is 25.4 Å². The van der Waals surface area contributed by atoms with Gasteiger partial charge < -0.3 is 9.47 Å². The molecule has 0 radical (unpaired) electrons. The van der Waals surface area contributed by atoms with E-state index in [4.69, 9.17) is 21.1 Å². The lowest BCUT2D eigenvalue weighted by molar-refractivity contribution is -0.156. The van der Waals surface area contributed by atoms with Crippen LogP contribution in [-0.2, 0) is 9.47 Å². The Balaban J connectivity index is 3.84. The molecule has 0 rings (SSSR count). The van der Waals surface area contributed by atoms with Crippen LogP contribution in [0.3, 0.4) is 0 Å². The van der Waals surface area contributed by atoms with Crippen molar-refractivity contribution >= 4 is 11.6 Å². The Morgan fingerprint density at radius 3 is 1.40 bits per heavy atom. The van der Waals surface area contributed by atoms with E-state index in [1.54, 1.807) is 0 Å². The van der Waals surface area contributed by atoms with Gasteiger partial charge in [0.1, 0.15) is 0 Å². The smallest absolute Gasteiger partial charge is 0.171 e. The summed E-state index contributed by atoms with van der Waals surface area (Å²) in [5.41, 5.74) is 0.296. The van der Waals surface area contributed by atoms with Crippen LogP contribution >= 0.6 is 11.6 Å². The molecule has 0 saturated heterocycles. The highest BCUT2D eigenvalue weighted by Crippen LogP contribution is 2.18. The van der Waals surface area contributed by atoms with Crippen molar-refractivity contribution in [1.82, 2.24) is 0 Å². The molecule has 0 heterocycles. The van der Waals surface area contributed by atoms with Crippen molar-refractivity contribution in [2.24, 2.45) is 10.8 Å². The molecule has 2 nitrogen and oxygen atoms in total. The summed E-state index contributed by atoms with van der Waals surface area (Å²) in [5.74, 6) is 0.381. The molecule has 0 saturated carbocycles. The van der Waals surface area contributed by atoms with E-state index >= 15 is 0 Å². The molecule has 0 spiro atoms. The summed E-state index contributed by atoms with van der Waals surface area (Å²) in [5, 5.41) is 0. The quantitative estimate of drug-likeness (QED) is 0.536. The summed E-state index contributed by atoms with van der Waals surface area (Å²) in [7, 11) is 0. The van der Waals surface area contributed by atoms with E-state index in [1.807, 2.05) is 0 Å². The van der Waals surface area contributed by atoms with Gasteiger partial charge in [0.25, 0.3) is 0 Å². The van der Waals surface area contributed by atoms with E-state index in [1.165, 1.54) is 0 Å². The predicted molar refractivity (Wildman–Crippen MR) is 65.3 cm³/mol. The zero-order chi connectivity index (χ0) is 12.1. The Morgan fingerprint density at radius 2 is 1.20 bits per heavy atom. The predicted octanol–water partition coefficient (Wildman–Crippen LogP) is 3.68. The Labute approximate surface area is 99.3 Å². The SMILES string of the molecule is CC(C)(C)COC(CCl)OCC(C)(C)C. The largest absolute Gasteiger partial charge is 0.351 e. The molecule has 0 aliphatic rings. The van der Waals surface area contributed by atoms with Gasteiger partial charge in [0.2, 0.25) is 0 Å². The lowest BCUT2D eigenvalue weighted by atomic mass is 9.98. The van der Waals surface area contributed by atoms with E-state index in [0.717, 1.165) is 0 Å². The minimum Gasteiger partial charge on any atom is -0.351 e. The third-order valence-corrected chi connectivity index (χ3v) is 1.78. The third-order valence-electron chi connectivity index (χ3n) is 1.53. The second kappa shape index (κ2) is 6.07.